The van der Waals surface area contributed by atoms with Crippen molar-refractivity contribution in [3.63, 3.8) is 0 Å². The van der Waals surface area contributed by atoms with E-state index in [1.165, 1.54) is 17.0 Å². The third-order valence-electron chi connectivity index (χ3n) is 4.60. The second kappa shape index (κ2) is 7.63. The fourth-order valence-electron chi connectivity index (χ4n) is 3.22. The molecule has 0 aliphatic carbocycles. The summed E-state index contributed by atoms with van der Waals surface area (Å²) in [6.45, 7) is 0.918. The minimum atomic E-state index is -0.747. The summed E-state index contributed by atoms with van der Waals surface area (Å²) in [5.74, 6) is -1.92. The molecule has 1 saturated heterocycles. The van der Waals surface area contributed by atoms with E-state index in [0.29, 0.717) is 13.1 Å². The zero-order valence-electron chi connectivity index (χ0n) is 15.3. The molecule has 2 aromatic carbocycles. The summed E-state index contributed by atoms with van der Waals surface area (Å²) in [4.78, 5) is 28.8. The molecule has 1 fully saturated rings. The molecule has 1 unspecified atom stereocenters. The van der Waals surface area contributed by atoms with Gasteiger partial charge in [-0.05, 0) is 31.8 Å². The molecule has 1 aliphatic heterocycles. The van der Waals surface area contributed by atoms with Gasteiger partial charge in [-0.15, -0.1) is 0 Å². The van der Waals surface area contributed by atoms with Gasteiger partial charge in [0.15, 0.2) is 0 Å². The van der Waals surface area contributed by atoms with Crippen molar-refractivity contribution in [1.29, 1.82) is 0 Å². The zero-order chi connectivity index (χ0) is 19.6. The molecule has 6 heteroatoms. The number of benzene rings is 2. The van der Waals surface area contributed by atoms with Crippen molar-refractivity contribution in [3.05, 3.63) is 71.3 Å². The van der Waals surface area contributed by atoms with Crippen LogP contribution in [0, 0.1) is 0 Å². The standard InChI is InChI=1S/C21H22N2O4/c1-22(2)12-13-23-18(14-8-4-3-5-9-14)17(20(26)21(23)27)19(25)15-10-6-7-11-16(15)24/h3-11,18,24-25H,12-13H2,1-2H3/b19-17-. The number of ketones is 1. The third kappa shape index (κ3) is 3.57. The molecule has 27 heavy (non-hydrogen) atoms. The van der Waals surface area contributed by atoms with E-state index in [1.807, 2.05) is 49.3 Å². The first-order valence-electron chi connectivity index (χ1n) is 8.68. The first kappa shape index (κ1) is 18.7. The van der Waals surface area contributed by atoms with Gasteiger partial charge >= 0.3 is 0 Å². The van der Waals surface area contributed by atoms with E-state index in [0.717, 1.165) is 5.56 Å². The van der Waals surface area contributed by atoms with Gasteiger partial charge in [0.2, 0.25) is 0 Å². The number of phenolic OH excluding ortho intramolecular Hbond substituents is 1. The van der Waals surface area contributed by atoms with Crippen LogP contribution in [0.5, 0.6) is 5.75 Å². The molecule has 0 saturated carbocycles. The van der Waals surface area contributed by atoms with Gasteiger partial charge in [-0.25, -0.2) is 0 Å². The molecule has 1 amide bonds. The first-order valence-corrected chi connectivity index (χ1v) is 8.68. The predicted molar refractivity (Wildman–Crippen MR) is 102 cm³/mol. The van der Waals surface area contributed by atoms with Crippen LogP contribution in [0.1, 0.15) is 17.2 Å². The lowest BCUT2D eigenvalue weighted by molar-refractivity contribution is -0.140. The van der Waals surface area contributed by atoms with Crippen LogP contribution in [0.4, 0.5) is 0 Å². The average Bonchev–Trinajstić information content (AvgIpc) is 2.91. The molecule has 2 N–H and O–H groups in total. The third-order valence-corrected chi connectivity index (χ3v) is 4.60. The van der Waals surface area contributed by atoms with Crippen LogP contribution in [-0.2, 0) is 9.59 Å². The van der Waals surface area contributed by atoms with Gasteiger partial charge in [-0.1, -0.05) is 42.5 Å². The van der Waals surface area contributed by atoms with Crippen LogP contribution < -0.4 is 0 Å². The van der Waals surface area contributed by atoms with Gasteiger partial charge in [0.05, 0.1) is 17.2 Å². The molecule has 0 spiro atoms. The fraction of sp³-hybridized carbons (Fsp3) is 0.238. The molecule has 0 radical (unpaired) electrons. The van der Waals surface area contributed by atoms with Gasteiger partial charge in [0, 0.05) is 13.1 Å². The number of nitrogens with zero attached hydrogens (tertiary/aromatic N) is 2. The summed E-state index contributed by atoms with van der Waals surface area (Å²) in [5, 5.41) is 20.9. The number of carbonyl (C=O) groups is 2. The molecule has 140 valence electrons. The monoisotopic (exact) mass is 366 g/mol. The number of hydrogen-bond acceptors (Lipinski definition) is 5. The van der Waals surface area contributed by atoms with E-state index >= 15 is 0 Å². The minimum absolute atomic E-state index is 0.00791. The highest BCUT2D eigenvalue weighted by Crippen LogP contribution is 2.40. The largest absolute Gasteiger partial charge is 0.507 e. The van der Waals surface area contributed by atoms with Crippen molar-refractivity contribution in [2.75, 3.05) is 27.2 Å². The van der Waals surface area contributed by atoms with Crippen molar-refractivity contribution >= 4 is 17.4 Å². The van der Waals surface area contributed by atoms with Crippen molar-refractivity contribution in [3.8, 4) is 5.75 Å². The molecular formula is C21H22N2O4. The Bertz CT molecular complexity index is 890. The van der Waals surface area contributed by atoms with Crippen molar-refractivity contribution in [2.45, 2.75) is 6.04 Å². The highest BCUT2D eigenvalue weighted by molar-refractivity contribution is 6.46. The quantitative estimate of drug-likeness (QED) is 0.482. The normalized spacial score (nSPS) is 19.1. The molecule has 0 bridgehead atoms. The fourth-order valence-corrected chi connectivity index (χ4v) is 3.22. The number of likely N-dealkylation sites (N-methyl/N-ethyl adjacent to an activating group) is 1. The number of aromatic hydroxyl groups is 1. The smallest absolute Gasteiger partial charge is 0.295 e. The Kier molecular flexibility index (Phi) is 5.28. The SMILES string of the molecule is CN(C)CCN1C(=O)C(=O)/C(=C(\O)c2ccccc2O)C1c1ccccc1. The molecule has 6 nitrogen and oxygen atoms in total. The van der Waals surface area contributed by atoms with Gasteiger partial charge in [-0.2, -0.15) is 0 Å². The van der Waals surface area contributed by atoms with Gasteiger partial charge in [0.25, 0.3) is 11.7 Å². The summed E-state index contributed by atoms with van der Waals surface area (Å²) in [5.41, 5.74) is 0.850. The number of phenols is 1. The van der Waals surface area contributed by atoms with E-state index in [-0.39, 0.29) is 22.6 Å². The van der Waals surface area contributed by atoms with Gasteiger partial charge < -0.3 is 20.0 Å². The van der Waals surface area contributed by atoms with Crippen LogP contribution in [-0.4, -0.2) is 58.9 Å². The summed E-state index contributed by atoms with van der Waals surface area (Å²) >= 11 is 0. The Labute approximate surface area is 158 Å². The van der Waals surface area contributed by atoms with Crippen LogP contribution in [0.2, 0.25) is 0 Å². The lowest BCUT2D eigenvalue weighted by atomic mass is 9.95. The number of likely N-dealkylation sites (tertiary alicyclic amines) is 1. The lowest BCUT2D eigenvalue weighted by Gasteiger charge is -2.26. The molecule has 3 rings (SSSR count). The highest BCUT2D eigenvalue weighted by Gasteiger charge is 2.46. The highest BCUT2D eigenvalue weighted by atomic mass is 16.3. The Morgan fingerprint density at radius 3 is 2.30 bits per heavy atom. The van der Waals surface area contributed by atoms with Crippen LogP contribution >= 0.6 is 0 Å². The van der Waals surface area contributed by atoms with Crippen LogP contribution in [0.25, 0.3) is 5.76 Å². The number of aliphatic hydroxyl groups excluding tert-OH is 1. The van der Waals surface area contributed by atoms with E-state index in [2.05, 4.69) is 0 Å². The van der Waals surface area contributed by atoms with E-state index in [9.17, 15) is 19.8 Å². The Hall–Kier alpha value is -3.12. The topological polar surface area (TPSA) is 81.1 Å². The van der Waals surface area contributed by atoms with Crippen LogP contribution in [0.3, 0.4) is 0 Å². The number of aliphatic hydroxyl groups is 1. The van der Waals surface area contributed by atoms with E-state index < -0.39 is 17.7 Å². The lowest BCUT2D eigenvalue weighted by Crippen LogP contribution is -2.35. The number of rotatable bonds is 5. The van der Waals surface area contributed by atoms with E-state index in [4.69, 9.17) is 0 Å². The summed E-state index contributed by atoms with van der Waals surface area (Å²) in [6, 6.07) is 14.6. The maximum Gasteiger partial charge on any atom is 0.295 e. The summed E-state index contributed by atoms with van der Waals surface area (Å²) in [7, 11) is 3.77. The average molecular weight is 366 g/mol. The zero-order valence-corrected chi connectivity index (χ0v) is 15.3. The van der Waals surface area contributed by atoms with Gasteiger partial charge in [-0.3, -0.25) is 9.59 Å². The minimum Gasteiger partial charge on any atom is -0.507 e. The predicted octanol–water partition coefficient (Wildman–Crippen LogP) is 2.38. The van der Waals surface area contributed by atoms with E-state index in [1.54, 1.807) is 12.1 Å². The molecule has 1 heterocycles. The second-order valence-corrected chi connectivity index (χ2v) is 6.72. The van der Waals surface area contributed by atoms with Gasteiger partial charge in [0.1, 0.15) is 11.5 Å². The summed E-state index contributed by atoms with van der Waals surface area (Å²) < 4.78 is 0. The number of hydrogen-bond donors (Lipinski definition) is 2. The molecule has 1 aliphatic rings. The Balaban J connectivity index is 2.15. The Morgan fingerprint density at radius 2 is 1.67 bits per heavy atom. The molecular weight excluding hydrogens is 344 g/mol. The number of carbonyl (C=O) groups excluding carboxylic acids is 2. The number of amides is 1. The molecule has 1 atom stereocenters. The van der Waals surface area contributed by atoms with Crippen molar-refractivity contribution in [2.24, 2.45) is 0 Å². The molecule has 2 aromatic rings. The number of Topliss-reactive ketones (excluding diaryl/α,β-unsaturated/α-hetero) is 1. The van der Waals surface area contributed by atoms with Crippen LogP contribution in [0.15, 0.2) is 60.2 Å². The van der Waals surface area contributed by atoms with Crippen molar-refractivity contribution < 1.29 is 19.8 Å². The summed E-state index contributed by atoms with van der Waals surface area (Å²) in [6.07, 6.45) is 0. The maximum atomic E-state index is 12.8. The number of para-hydroxylation sites is 1. The molecule has 0 aromatic heterocycles. The first-order chi connectivity index (χ1) is 12.9. The second-order valence-electron chi connectivity index (χ2n) is 6.72. The van der Waals surface area contributed by atoms with Crippen molar-refractivity contribution in [1.82, 2.24) is 9.80 Å². The maximum absolute atomic E-state index is 12.8. The Morgan fingerprint density at radius 1 is 1.04 bits per heavy atom.